The first-order valence-corrected chi connectivity index (χ1v) is 9.31. The van der Waals surface area contributed by atoms with Crippen LogP contribution in [0, 0.1) is 6.92 Å². The number of aromatic nitrogens is 1. The molecule has 140 valence electrons. The number of likely N-dealkylation sites (tertiary alicyclic amines) is 1. The molecular formula is C20H27N3O3. The lowest BCUT2D eigenvalue weighted by Gasteiger charge is -2.34. The summed E-state index contributed by atoms with van der Waals surface area (Å²) in [6, 6.07) is 9.42. The van der Waals surface area contributed by atoms with Crippen molar-refractivity contribution in [1.82, 2.24) is 14.8 Å². The number of benzene rings is 1. The van der Waals surface area contributed by atoms with Crippen molar-refractivity contribution in [3.63, 3.8) is 0 Å². The Bertz CT molecular complexity index is 831. The normalized spacial score (nSPS) is 18.2. The topological polar surface area (TPSA) is 74.6 Å². The van der Waals surface area contributed by atoms with Crippen LogP contribution in [0.4, 0.5) is 0 Å². The van der Waals surface area contributed by atoms with Gasteiger partial charge in [0.2, 0.25) is 5.91 Å². The number of hydrogen-bond donors (Lipinski definition) is 2. The molecule has 1 aliphatic rings. The van der Waals surface area contributed by atoms with E-state index in [2.05, 4.69) is 10.2 Å². The number of amides is 1. The van der Waals surface area contributed by atoms with Crippen LogP contribution in [0.2, 0.25) is 0 Å². The summed E-state index contributed by atoms with van der Waals surface area (Å²) in [7, 11) is 0. The van der Waals surface area contributed by atoms with Gasteiger partial charge in [-0.3, -0.25) is 19.1 Å². The minimum atomic E-state index is -0.168. The zero-order valence-corrected chi connectivity index (χ0v) is 15.3. The maximum Gasteiger partial charge on any atom is 0.251 e. The number of fused-ring (bicyclic) bond motifs is 1. The molecule has 2 N–H and O–H groups in total. The number of carbonyl (C=O) groups is 1. The molecule has 1 aromatic carbocycles. The predicted molar refractivity (Wildman–Crippen MR) is 102 cm³/mol. The van der Waals surface area contributed by atoms with Crippen LogP contribution in [0.25, 0.3) is 10.9 Å². The van der Waals surface area contributed by atoms with Gasteiger partial charge < -0.3 is 10.4 Å². The van der Waals surface area contributed by atoms with Crippen LogP contribution in [0.1, 0.15) is 24.8 Å². The van der Waals surface area contributed by atoms with Crippen LogP contribution in [-0.2, 0) is 11.3 Å². The van der Waals surface area contributed by atoms with Crippen molar-refractivity contribution in [2.75, 3.05) is 26.2 Å². The van der Waals surface area contributed by atoms with Gasteiger partial charge >= 0.3 is 0 Å². The van der Waals surface area contributed by atoms with E-state index < -0.39 is 0 Å². The highest BCUT2D eigenvalue weighted by atomic mass is 16.3. The van der Waals surface area contributed by atoms with Crippen molar-refractivity contribution in [2.24, 2.45) is 0 Å². The molecule has 2 heterocycles. The Balaban J connectivity index is 1.62. The molecule has 26 heavy (non-hydrogen) atoms. The van der Waals surface area contributed by atoms with E-state index in [9.17, 15) is 14.7 Å². The van der Waals surface area contributed by atoms with Crippen LogP contribution >= 0.6 is 0 Å². The van der Waals surface area contributed by atoms with Gasteiger partial charge in [0.1, 0.15) is 6.54 Å². The Labute approximate surface area is 153 Å². The van der Waals surface area contributed by atoms with Gasteiger partial charge in [-0.2, -0.15) is 0 Å². The molecule has 3 rings (SSSR count). The quantitative estimate of drug-likeness (QED) is 0.817. The van der Waals surface area contributed by atoms with Crippen molar-refractivity contribution >= 4 is 16.8 Å². The zero-order chi connectivity index (χ0) is 18.5. The summed E-state index contributed by atoms with van der Waals surface area (Å²) in [5.74, 6) is -0.168. The van der Waals surface area contributed by atoms with Gasteiger partial charge in [-0.15, -0.1) is 0 Å². The number of nitrogens with zero attached hydrogens (tertiary/aromatic N) is 2. The number of rotatable bonds is 6. The van der Waals surface area contributed by atoms with Crippen molar-refractivity contribution in [2.45, 2.75) is 38.8 Å². The summed E-state index contributed by atoms with van der Waals surface area (Å²) in [6.45, 7) is 4.30. The van der Waals surface area contributed by atoms with Crippen LogP contribution in [-0.4, -0.2) is 52.8 Å². The fraction of sp³-hybridized carbons (Fsp3) is 0.500. The van der Waals surface area contributed by atoms with Gasteiger partial charge in [-0.05, 0) is 37.9 Å². The van der Waals surface area contributed by atoms with Gasteiger partial charge in [0, 0.05) is 30.6 Å². The molecule has 0 spiro atoms. The SMILES string of the molecule is Cc1cc(=O)n(CC(=O)NCCN2CCCC[C@@H]2CO)c2ccccc12. The molecule has 0 radical (unpaired) electrons. The summed E-state index contributed by atoms with van der Waals surface area (Å²) in [5.41, 5.74) is 1.54. The second-order valence-corrected chi connectivity index (χ2v) is 6.99. The third kappa shape index (κ3) is 4.14. The van der Waals surface area contributed by atoms with E-state index in [1.165, 1.54) is 4.57 Å². The second-order valence-electron chi connectivity index (χ2n) is 6.99. The van der Waals surface area contributed by atoms with Crippen molar-refractivity contribution in [3.05, 3.63) is 46.2 Å². The van der Waals surface area contributed by atoms with E-state index in [0.717, 1.165) is 48.8 Å². The second kappa shape index (κ2) is 8.47. The highest BCUT2D eigenvalue weighted by molar-refractivity contribution is 5.84. The van der Waals surface area contributed by atoms with E-state index in [-0.39, 0.29) is 30.7 Å². The van der Waals surface area contributed by atoms with Crippen LogP contribution in [0.3, 0.4) is 0 Å². The molecule has 1 atom stereocenters. The molecule has 1 amide bonds. The average Bonchev–Trinajstić information content (AvgIpc) is 2.65. The monoisotopic (exact) mass is 357 g/mol. The maximum atomic E-state index is 12.3. The lowest BCUT2D eigenvalue weighted by atomic mass is 10.0. The summed E-state index contributed by atoms with van der Waals surface area (Å²) >= 11 is 0. The number of aliphatic hydroxyl groups excluding tert-OH is 1. The fourth-order valence-electron chi connectivity index (χ4n) is 3.76. The third-order valence-corrected chi connectivity index (χ3v) is 5.21. The minimum Gasteiger partial charge on any atom is -0.395 e. The number of piperidine rings is 1. The maximum absolute atomic E-state index is 12.3. The Morgan fingerprint density at radius 3 is 2.92 bits per heavy atom. The molecule has 0 bridgehead atoms. The first kappa shape index (κ1) is 18.6. The summed E-state index contributed by atoms with van der Waals surface area (Å²) < 4.78 is 1.52. The molecule has 1 aromatic heterocycles. The fourth-order valence-corrected chi connectivity index (χ4v) is 3.76. The Morgan fingerprint density at radius 2 is 2.12 bits per heavy atom. The summed E-state index contributed by atoms with van der Waals surface area (Å²) in [6.07, 6.45) is 3.29. The highest BCUT2D eigenvalue weighted by Crippen LogP contribution is 2.16. The molecule has 0 saturated carbocycles. The van der Waals surface area contributed by atoms with Gasteiger partial charge in [0.25, 0.3) is 5.56 Å². The van der Waals surface area contributed by atoms with Crippen molar-refractivity contribution in [3.8, 4) is 0 Å². The van der Waals surface area contributed by atoms with Crippen molar-refractivity contribution < 1.29 is 9.90 Å². The van der Waals surface area contributed by atoms with E-state index in [1.807, 2.05) is 31.2 Å². The zero-order valence-electron chi connectivity index (χ0n) is 15.3. The largest absolute Gasteiger partial charge is 0.395 e. The molecule has 1 fully saturated rings. The van der Waals surface area contributed by atoms with E-state index in [4.69, 9.17) is 0 Å². The number of hydrogen-bond acceptors (Lipinski definition) is 4. The number of aliphatic hydroxyl groups is 1. The molecular weight excluding hydrogens is 330 g/mol. The van der Waals surface area contributed by atoms with Gasteiger partial charge in [-0.1, -0.05) is 24.6 Å². The van der Waals surface area contributed by atoms with Gasteiger partial charge in [0.05, 0.1) is 12.1 Å². The summed E-state index contributed by atoms with van der Waals surface area (Å²) in [5, 5.41) is 13.3. The lowest BCUT2D eigenvalue weighted by molar-refractivity contribution is -0.121. The molecule has 2 aromatic rings. The third-order valence-electron chi connectivity index (χ3n) is 5.21. The average molecular weight is 357 g/mol. The molecule has 6 nitrogen and oxygen atoms in total. The first-order chi connectivity index (χ1) is 12.6. The molecule has 1 aliphatic heterocycles. The molecule has 6 heteroatoms. The predicted octanol–water partition coefficient (Wildman–Crippen LogP) is 1.27. The van der Waals surface area contributed by atoms with E-state index in [1.54, 1.807) is 6.07 Å². The van der Waals surface area contributed by atoms with Crippen molar-refractivity contribution in [1.29, 1.82) is 0 Å². The van der Waals surface area contributed by atoms with Crippen LogP contribution in [0.15, 0.2) is 35.1 Å². The number of aryl methyl sites for hydroxylation is 1. The molecule has 0 aliphatic carbocycles. The minimum absolute atomic E-state index is 0.0169. The summed E-state index contributed by atoms with van der Waals surface area (Å²) in [4.78, 5) is 26.9. The number of pyridine rings is 1. The number of nitrogens with one attached hydrogen (secondary N) is 1. The van der Waals surface area contributed by atoms with Crippen LogP contribution < -0.4 is 10.9 Å². The van der Waals surface area contributed by atoms with E-state index in [0.29, 0.717) is 6.54 Å². The Morgan fingerprint density at radius 1 is 1.31 bits per heavy atom. The Hall–Kier alpha value is -2.18. The lowest BCUT2D eigenvalue weighted by Crippen LogP contribution is -2.46. The number of carbonyl (C=O) groups excluding carboxylic acids is 1. The first-order valence-electron chi connectivity index (χ1n) is 9.31. The van der Waals surface area contributed by atoms with Gasteiger partial charge in [-0.25, -0.2) is 0 Å². The smallest absolute Gasteiger partial charge is 0.251 e. The van der Waals surface area contributed by atoms with E-state index >= 15 is 0 Å². The molecule has 0 unspecified atom stereocenters. The highest BCUT2D eigenvalue weighted by Gasteiger charge is 2.21. The van der Waals surface area contributed by atoms with Gasteiger partial charge in [0.15, 0.2) is 0 Å². The standard InChI is InChI=1S/C20H27N3O3/c1-15-12-20(26)23(18-8-3-2-7-17(15)18)13-19(25)21-9-11-22-10-5-4-6-16(22)14-24/h2-3,7-8,12,16,24H,4-6,9-11,13-14H2,1H3,(H,21,25)/t16-/m1/s1. The Kier molecular flexibility index (Phi) is 6.06. The van der Waals surface area contributed by atoms with Crippen LogP contribution in [0.5, 0.6) is 0 Å². The molecule has 1 saturated heterocycles. The number of para-hydroxylation sites is 1.